The molecule has 1 unspecified atom stereocenters. The summed E-state index contributed by atoms with van der Waals surface area (Å²) >= 11 is 5.72. The molecular weight excluding hydrogens is 249 g/mol. The maximum Gasteiger partial charge on any atom is 0.334 e. The van der Waals surface area contributed by atoms with Crippen LogP contribution in [-0.2, 0) is 4.79 Å². The predicted molar refractivity (Wildman–Crippen MR) is 65.5 cm³/mol. The number of hydrogen-bond donors (Lipinski definition) is 3. The lowest BCUT2D eigenvalue weighted by atomic mass is 10.0. The van der Waals surface area contributed by atoms with Gasteiger partial charge in [0, 0.05) is 11.6 Å². The first-order valence-corrected chi connectivity index (χ1v) is 7.20. The van der Waals surface area contributed by atoms with E-state index < -0.39 is 19.2 Å². The molecule has 0 spiro atoms. The number of benzene rings is 1. The van der Waals surface area contributed by atoms with E-state index >= 15 is 0 Å². The monoisotopic (exact) mass is 262 g/mol. The van der Waals surface area contributed by atoms with Crippen LogP contribution in [0.1, 0.15) is 11.5 Å². The molecule has 0 bridgehead atoms. The fraction of sp³-hybridized carbons (Fsp3) is 0.300. The van der Waals surface area contributed by atoms with Crippen molar-refractivity contribution in [1.82, 2.24) is 0 Å². The largest absolute Gasteiger partial charge is 0.334 e. The highest BCUT2D eigenvalue weighted by Gasteiger charge is 2.43. The predicted octanol–water partition coefficient (Wildman–Crippen LogP) is 1.37. The molecule has 1 rings (SSSR count). The number of hydrogen-bond acceptors (Lipinski definition) is 4. The Morgan fingerprint density at radius 3 is 2.31 bits per heavy atom. The van der Waals surface area contributed by atoms with Crippen LogP contribution in [0.15, 0.2) is 24.3 Å². The number of carbonyl (C=O) groups is 1. The van der Waals surface area contributed by atoms with Crippen LogP contribution in [0.3, 0.4) is 0 Å². The Morgan fingerprint density at radius 2 is 1.94 bits per heavy atom. The molecule has 0 heterocycles. The van der Waals surface area contributed by atoms with Gasteiger partial charge in [0.1, 0.15) is 6.66 Å². The molecule has 6 heteroatoms. The van der Waals surface area contributed by atoms with Crippen molar-refractivity contribution in [3.8, 4) is 0 Å². The van der Waals surface area contributed by atoms with Crippen molar-refractivity contribution >= 4 is 24.8 Å². The van der Waals surface area contributed by atoms with Gasteiger partial charge in [0.05, 0.1) is 5.92 Å². The van der Waals surface area contributed by atoms with Crippen molar-refractivity contribution in [1.29, 1.82) is 0 Å². The molecule has 0 saturated heterocycles. The number of halogens is 1. The van der Waals surface area contributed by atoms with Crippen LogP contribution in [0.5, 0.6) is 0 Å². The van der Waals surface area contributed by atoms with Crippen LogP contribution in [-0.4, -0.2) is 28.5 Å². The minimum atomic E-state index is -3.51. The third-order valence-electron chi connectivity index (χ3n) is 2.22. The van der Waals surface area contributed by atoms with Crippen molar-refractivity contribution in [3.05, 3.63) is 34.9 Å². The molecule has 0 aliphatic rings. The van der Waals surface area contributed by atoms with Gasteiger partial charge in [-0.3, -0.25) is 0 Å². The van der Waals surface area contributed by atoms with E-state index in [-0.39, 0.29) is 6.54 Å². The molecule has 1 aromatic rings. The standard InChI is InChI=1S/C10H14ClNO3P/c1-16(14,15)10(13)9(6-12)7-2-4-8(11)5-3-7/h2-5,9,14-15H,6,12H2,1H3/q+1. The summed E-state index contributed by atoms with van der Waals surface area (Å²) in [7, 11) is -3.51. The van der Waals surface area contributed by atoms with Gasteiger partial charge in [-0.1, -0.05) is 23.7 Å². The zero-order valence-corrected chi connectivity index (χ0v) is 10.4. The smallest absolute Gasteiger partial charge is 0.329 e. The lowest BCUT2D eigenvalue weighted by Gasteiger charge is -2.14. The van der Waals surface area contributed by atoms with Crippen LogP contribution in [0.2, 0.25) is 5.02 Å². The highest BCUT2D eigenvalue weighted by atomic mass is 35.5. The van der Waals surface area contributed by atoms with Crippen LogP contribution < -0.4 is 5.73 Å². The van der Waals surface area contributed by atoms with E-state index in [1.54, 1.807) is 24.3 Å². The summed E-state index contributed by atoms with van der Waals surface area (Å²) in [5.74, 6) is -0.689. The minimum Gasteiger partial charge on any atom is -0.329 e. The first-order chi connectivity index (χ1) is 7.36. The van der Waals surface area contributed by atoms with Gasteiger partial charge in [-0.05, 0) is 17.7 Å². The Hall–Kier alpha value is -0.510. The Kier molecular flexibility index (Phi) is 4.42. The second-order valence-electron chi connectivity index (χ2n) is 3.59. The molecule has 0 aromatic heterocycles. The topological polar surface area (TPSA) is 83.5 Å². The van der Waals surface area contributed by atoms with Gasteiger partial charge in [-0.15, -0.1) is 0 Å². The molecule has 0 aliphatic carbocycles. The van der Waals surface area contributed by atoms with Crippen LogP contribution in [0.4, 0.5) is 0 Å². The van der Waals surface area contributed by atoms with Crippen molar-refractivity contribution < 1.29 is 14.6 Å². The maximum atomic E-state index is 11.7. The van der Waals surface area contributed by atoms with Crippen molar-refractivity contribution in [2.24, 2.45) is 5.73 Å². The number of carbonyl (C=O) groups excluding carboxylic acids is 1. The number of nitrogens with two attached hydrogens (primary N) is 1. The van der Waals surface area contributed by atoms with Gasteiger partial charge in [0.25, 0.3) is 0 Å². The molecule has 4 N–H and O–H groups in total. The van der Waals surface area contributed by atoms with Gasteiger partial charge < -0.3 is 5.73 Å². The van der Waals surface area contributed by atoms with E-state index in [0.717, 1.165) is 6.66 Å². The molecule has 88 valence electrons. The zero-order valence-electron chi connectivity index (χ0n) is 8.80. The highest BCUT2D eigenvalue weighted by Crippen LogP contribution is 2.50. The normalized spacial score (nSPS) is 13.6. The molecule has 0 aliphatic heterocycles. The average molecular weight is 263 g/mol. The highest BCUT2D eigenvalue weighted by molar-refractivity contribution is 7.80. The summed E-state index contributed by atoms with van der Waals surface area (Å²) in [6, 6.07) is 6.59. The van der Waals surface area contributed by atoms with Gasteiger partial charge in [0.2, 0.25) is 0 Å². The van der Waals surface area contributed by atoms with E-state index in [4.69, 9.17) is 17.3 Å². The van der Waals surface area contributed by atoms with Gasteiger partial charge in [0.15, 0.2) is 0 Å². The molecule has 0 amide bonds. The van der Waals surface area contributed by atoms with Gasteiger partial charge in [-0.2, -0.15) is 0 Å². The first-order valence-electron chi connectivity index (χ1n) is 4.68. The molecular formula is C10H14ClNO3P+. The molecule has 4 nitrogen and oxygen atoms in total. The summed E-state index contributed by atoms with van der Waals surface area (Å²) < 4.78 is 0. The fourth-order valence-electron chi connectivity index (χ4n) is 1.37. The Balaban J connectivity index is 2.99. The van der Waals surface area contributed by atoms with E-state index in [2.05, 4.69) is 0 Å². The van der Waals surface area contributed by atoms with Crippen molar-refractivity contribution in [3.63, 3.8) is 0 Å². The van der Waals surface area contributed by atoms with Crippen molar-refractivity contribution in [2.45, 2.75) is 5.92 Å². The maximum absolute atomic E-state index is 11.7. The summed E-state index contributed by atoms with van der Waals surface area (Å²) in [6.07, 6.45) is 0. The molecule has 0 fully saturated rings. The number of rotatable bonds is 4. The van der Waals surface area contributed by atoms with Gasteiger partial charge in [-0.25, -0.2) is 14.6 Å². The Bertz CT molecular complexity index is 375. The Morgan fingerprint density at radius 1 is 1.44 bits per heavy atom. The summed E-state index contributed by atoms with van der Waals surface area (Å²) in [4.78, 5) is 30.4. The lowest BCUT2D eigenvalue weighted by Crippen LogP contribution is -2.23. The minimum absolute atomic E-state index is 0.0389. The van der Waals surface area contributed by atoms with Crippen LogP contribution in [0, 0.1) is 0 Å². The summed E-state index contributed by atoms with van der Waals surface area (Å²) in [5.41, 5.74) is 5.51. The lowest BCUT2D eigenvalue weighted by molar-refractivity contribution is -0.114. The van der Waals surface area contributed by atoms with Crippen LogP contribution >= 0.6 is 19.3 Å². The van der Waals surface area contributed by atoms with E-state index in [0.29, 0.717) is 10.6 Å². The van der Waals surface area contributed by atoms with Crippen molar-refractivity contribution in [2.75, 3.05) is 13.2 Å². The first kappa shape index (κ1) is 13.6. The fourth-order valence-corrected chi connectivity index (χ4v) is 2.34. The second kappa shape index (κ2) is 5.21. The molecule has 1 aromatic carbocycles. The average Bonchev–Trinajstić information content (AvgIpc) is 2.20. The SMILES string of the molecule is C[P+](O)(O)C(=O)C(CN)c1ccc(Cl)cc1. The van der Waals surface area contributed by atoms with Crippen LogP contribution in [0.25, 0.3) is 0 Å². The zero-order chi connectivity index (χ0) is 12.3. The molecule has 0 saturated carbocycles. The van der Waals surface area contributed by atoms with E-state index in [9.17, 15) is 14.6 Å². The molecule has 16 heavy (non-hydrogen) atoms. The Labute approximate surface area is 99.5 Å². The van der Waals surface area contributed by atoms with Gasteiger partial charge >= 0.3 is 13.2 Å². The molecule has 1 atom stereocenters. The summed E-state index contributed by atoms with van der Waals surface area (Å²) in [6.45, 7) is 1.17. The van der Waals surface area contributed by atoms with E-state index in [1.807, 2.05) is 0 Å². The second-order valence-corrected chi connectivity index (χ2v) is 6.29. The quantitative estimate of drug-likeness (QED) is 0.716. The molecule has 0 radical (unpaired) electrons. The van der Waals surface area contributed by atoms with E-state index in [1.165, 1.54) is 0 Å². The summed E-state index contributed by atoms with van der Waals surface area (Å²) in [5, 5.41) is 0.553. The third-order valence-corrected chi connectivity index (χ3v) is 3.62. The third kappa shape index (κ3) is 3.24.